The van der Waals surface area contributed by atoms with E-state index < -0.39 is 33.4 Å². The molecule has 126 valence electrons. The predicted molar refractivity (Wildman–Crippen MR) is 81.1 cm³/mol. The molecule has 8 nitrogen and oxygen atoms in total. The van der Waals surface area contributed by atoms with Crippen molar-refractivity contribution < 1.29 is 27.3 Å². The maximum Gasteiger partial charge on any atom is 0.410 e. The van der Waals surface area contributed by atoms with Crippen molar-refractivity contribution in [1.82, 2.24) is 10.2 Å². The summed E-state index contributed by atoms with van der Waals surface area (Å²) in [5.74, 6) is -0.507. The molecule has 1 aromatic rings. The molecule has 2 atom stereocenters. The number of nitrogens with zero attached hydrogens (tertiary/aromatic N) is 1. The summed E-state index contributed by atoms with van der Waals surface area (Å²) in [6.07, 6.45) is -0.965. The Kier molecular flexibility index (Phi) is 5.22. The normalized spacial score (nSPS) is 21.0. The van der Waals surface area contributed by atoms with E-state index in [1.807, 2.05) is 6.07 Å². The molecule has 0 spiro atoms. The predicted octanol–water partition coefficient (Wildman–Crippen LogP) is 0.400. The average Bonchev–Trinajstić information content (AvgIpc) is 2.98. The number of carbonyl (C=O) groups excluding carboxylic acids is 2. The van der Waals surface area contributed by atoms with Crippen LogP contribution >= 0.6 is 0 Å². The lowest BCUT2D eigenvalue weighted by Crippen LogP contribution is -2.45. The minimum atomic E-state index is -4.34. The SMILES string of the molecule is CNC(=O)[C@@H]1C[C@H](S(=O)(=O)O)CN1C(=O)OCc1ccccc1. The Labute approximate surface area is 134 Å². The zero-order valence-corrected chi connectivity index (χ0v) is 13.3. The van der Waals surface area contributed by atoms with Crippen LogP contribution in [0.3, 0.4) is 0 Å². The van der Waals surface area contributed by atoms with E-state index in [-0.39, 0.29) is 19.6 Å². The summed E-state index contributed by atoms with van der Waals surface area (Å²) in [5.41, 5.74) is 0.767. The molecule has 0 bridgehead atoms. The monoisotopic (exact) mass is 342 g/mol. The van der Waals surface area contributed by atoms with Gasteiger partial charge in [-0.2, -0.15) is 8.42 Å². The van der Waals surface area contributed by atoms with Gasteiger partial charge >= 0.3 is 6.09 Å². The highest BCUT2D eigenvalue weighted by Gasteiger charge is 2.44. The van der Waals surface area contributed by atoms with Gasteiger partial charge in [0, 0.05) is 13.6 Å². The van der Waals surface area contributed by atoms with Gasteiger partial charge in [0.1, 0.15) is 17.9 Å². The second-order valence-corrected chi connectivity index (χ2v) is 6.89. The van der Waals surface area contributed by atoms with Crippen LogP contribution in [0, 0.1) is 0 Å². The number of benzene rings is 1. The van der Waals surface area contributed by atoms with E-state index in [4.69, 9.17) is 9.29 Å². The van der Waals surface area contributed by atoms with Crippen LogP contribution < -0.4 is 5.32 Å². The van der Waals surface area contributed by atoms with Crippen LogP contribution in [0.5, 0.6) is 0 Å². The molecule has 0 radical (unpaired) electrons. The number of carbonyl (C=O) groups is 2. The van der Waals surface area contributed by atoms with E-state index in [1.54, 1.807) is 24.3 Å². The van der Waals surface area contributed by atoms with Crippen LogP contribution in [-0.4, -0.2) is 54.8 Å². The zero-order valence-electron chi connectivity index (χ0n) is 12.5. The third-order valence-corrected chi connectivity index (χ3v) is 4.86. The number of likely N-dealkylation sites (N-methyl/N-ethyl adjacent to an activating group) is 1. The summed E-state index contributed by atoms with van der Waals surface area (Å²) in [6.45, 7) is -0.280. The minimum absolute atomic E-state index is 0.00712. The third kappa shape index (κ3) is 4.20. The van der Waals surface area contributed by atoms with E-state index in [0.717, 1.165) is 10.5 Å². The molecule has 1 aliphatic heterocycles. The number of likely N-dealkylation sites (tertiary alicyclic amines) is 1. The van der Waals surface area contributed by atoms with Gasteiger partial charge in [0.2, 0.25) is 5.91 Å². The molecule has 1 saturated heterocycles. The number of rotatable bonds is 4. The van der Waals surface area contributed by atoms with Gasteiger partial charge in [-0.15, -0.1) is 0 Å². The molecular weight excluding hydrogens is 324 g/mol. The number of ether oxygens (including phenoxy) is 1. The number of hydrogen-bond acceptors (Lipinski definition) is 5. The van der Waals surface area contributed by atoms with E-state index in [0.29, 0.717) is 0 Å². The summed E-state index contributed by atoms with van der Waals surface area (Å²) in [4.78, 5) is 25.0. The van der Waals surface area contributed by atoms with Crippen molar-refractivity contribution in [3.8, 4) is 0 Å². The molecule has 9 heteroatoms. The number of amides is 2. The molecule has 0 aliphatic carbocycles. The number of nitrogens with one attached hydrogen (secondary N) is 1. The van der Waals surface area contributed by atoms with E-state index in [1.165, 1.54) is 7.05 Å². The van der Waals surface area contributed by atoms with Crippen molar-refractivity contribution in [3.63, 3.8) is 0 Å². The van der Waals surface area contributed by atoms with Gasteiger partial charge in [0.05, 0.1) is 0 Å². The van der Waals surface area contributed by atoms with Crippen LogP contribution in [0.1, 0.15) is 12.0 Å². The van der Waals surface area contributed by atoms with Crippen LogP contribution in [0.4, 0.5) is 4.79 Å². The Balaban J connectivity index is 2.07. The first-order valence-corrected chi connectivity index (χ1v) is 8.48. The Morgan fingerprint density at radius 3 is 2.57 bits per heavy atom. The van der Waals surface area contributed by atoms with Crippen molar-refractivity contribution in [2.45, 2.75) is 24.3 Å². The van der Waals surface area contributed by atoms with Gasteiger partial charge < -0.3 is 10.1 Å². The van der Waals surface area contributed by atoms with Crippen molar-refractivity contribution >= 4 is 22.1 Å². The Morgan fingerprint density at radius 1 is 1.35 bits per heavy atom. The lowest BCUT2D eigenvalue weighted by Gasteiger charge is -2.22. The average molecular weight is 342 g/mol. The molecular formula is C14H18N2O6S. The van der Waals surface area contributed by atoms with Crippen LogP contribution in [0.25, 0.3) is 0 Å². The van der Waals surface area contributed by atoms with Gasteiger partial charge in [-0.25, -0.2) is 4.79 Å². The van der Waals surface area contributed by atoms with Crippen molar-refractivity contribution in [2.75, 3.05) is 13.6 Å². The summed E-state index contributed by atoms with van der Waals surface area (Å²) < 4.78 is 36.9. The third-order valence-electron chi connectivity index (χ3n) is 3.67. The van der Waals surface area contributed by atoms with E-state index in [9.17, 15) is 18.0 Å². The summed E-state index contributed by atoms with van der Waals surface area (Å²) in [6, 6.07) is 7.96. The molecule has 1 aromatic carbocycles. The first-order chi connectivity index (χ1) is 10.8. The largest absolute Gasteiger partial charge is 0.445 e. The Hall–Kier alpha value is -2.13. The van der Waals surface area contributed by atoms with E-state index in [2.05, 4.69) is 5.32 Å². The van der Waals surface area contributed by atoms with Gasteiger partial charge in [-0.1, -0.05) is 30.3 Å². The molecule has 1 heterocycles. The maximum atomic E-state index is 12.2. The first-order valence-electron chi connectivity index (χ1n) is 6.98. The van der Waals surface area contributed by atoms with Crippen LogP contribution in [-0.2, 0) is 26.3 Å². The molecule has 23 heavy (non-hydrogen) atoms. The van der Waals surface area contributed by atoms with Crippen LogP contribution in [0.15, 0.2) is 30.3 Å². The highest BCUT2D eigenvalue weighted by molar-refractivity contribution is 7.86. The second kappa shape index (κ2) is 6.97. The first kappa shape index (κ1) is 17.2. The van der Waals surface area contributed by atoms with Crippen molar-refractivity contribution in [1.29, 1.82) is 0 Å². The molecule has 2 N–H and O–H groups in total. The van der Waals surface area contributed by atoms with Gasteiger partial charge in [-0.05, 0) is 12.0 Å². The topological polar surface area (TPSA) is 113 Å². The second-order valence-electron chi connectivity index (χ2n) is 5.20. The van der Waals surface area contributed by atoms with Crippen LogP contribution in [0.2, 0.25) is 0 Å². The maximum absolute atomic E-state index is 12.2. The Morgan fingerprint density at radius 2 is 2.00 bits per heavy atom. The molecule has 2 rings (SSSR count). The molecule has 0 saturated carbocycles. The minimum Gasteiger partial charge on any atom is -0.445 e. The lowest BCUT2D eigenvalue weighted by atomic mass is 10.2. The highest BCUT2D eigenvalue weighted by Crippen LogP contribution is 2.24. The quantitative estimate of drug-likeness (QED) is 0.766. The fourth-order valence-corrected chi connectivity index (χ4v) is 3.21. The molecule has 0 unspecified atom stereocenters. The fraction of sp³-hybridized carbons (Fsp3) is 0.429. The van der Waals surface area contributed by atoms with Crippen molar-refractivity contribution in [3.05, 3.63) is 35.9 Å². The van der Waals surface area contributed by atoms with Gasteiger partial charge in [0.15, 0.2) is 0 Å². The number of hydrogen-bond donors (Lipinski definition) is 2. The smallest absolute Gasteiger partial charge is 0.410 e. The summed E-state index contributed by atoms with van der Waals surface area (Å²) in [5, 5.41) is 1.17. The molecule has 1 aliphatic rings. The molecule has 2 amide bonds. The standard InChI is InChI=1S/C14H18N2O6S/c1-15-13(17)12-7-11(23(19,20)21)8-16(12)14(18)22-9-10-5-3-2-4-6-10/h2-6,11-12H,7-9H2,1H3,(H,15,17)(H,19,20,21)/t11-,12-/m0/s1. The van der Waals surface area contributed by atoms with Gasteiger partial charge in [0.25, 0.3) is 10.1 Å². The summed E-state index contributed by atoms with van der Waals surface area (Å²) in [7, 11) is -2.95. The van der Waals surface area contributed by atoms with Gasteiger partial charge in [-0.3, -0.25) is 14.2 Å². The molecule has 1 fully saturated rings. The highest BCUT2D eigenvalue weighted by atomic mass is 32.2. The Bertz CT molecular complexity index is 676. The zero-order chi connectivity index (χ0) is 17.0. The fourth-order valence-electron chi connectivity index (χ4n) is 2.43. The lowest BCUT2D eigenvalue weighted by molar-refractivity contribution is -0.124. The molecule has 0 aromatic heterocycles. The van der Waals surface area contributed by atoms with E-state index >= 15 is 0 Å². The van der Waals surface area contributed by atoms with Crippen molar-refractivity contribution in [2.24, 2.45) is 0 Å². The summed E-state index contributed by atoms with van der Waals surface area (Å²) >= 11 is 0.